The van der Waals surface area contributed by atoms with Crippen molar-refractivity contribution in [2.45, 2.75) is 24.3 Å². The van der Waals surface area contributed by atoms with E-state index < -0.39 is 15.8 Å². The van der Waals surface area contributed by atoms with Crippen molar-refractivity contribution < 1.29 is 17.5 Å². The number of benzene rings is 1. The first-order valence-electron chi connectivity index (χ1n) is 10.8. The largest absolute Gasteiger partial charge is 0.377 e. The van der Waals surface area contributed by atoms with Crippen LogP contribution in [-0.4, -0.2) is 50.4 Å². The summed E-state index contributed by atoms with van der Waals surface area (Å²) in [6.45, 7) is 3.93. The molecule has 8 heteroatoms. The maximum atomic E-state index is 15.0. The Labute approximate surface area is 192 Å². The molecule has 1 aliphatic carbocycles. The van der Waals surface area contributed by atoms with E-state index in [1.54, 1.807) is 30.5 Å². The minimum atomic E-state index is -3.30. The molecule has 3 aromatic rings. The summed E-state index contributed by atoms with van der Waals surface area (Å²) in [7, 11) is -3.30. The Balaban J connectivity index is 1.68. The van der Waals surface area contributed by atoms with Crippen molar-refractivity contribution in [2.75, 3.05) is 30.9 Å². The summed E-state index contributed by atoms with van der Waals surface area (Å²) >= 11 is 0. The van der Waals surface area contributed by atoms with Crippen molar-refractivity contribution in [1.82, 2.24) is 9.97 Å². The third kappa shape index (κ3) is 4.16. The molecular formula is C25H24FN3O3S. The van der Waals surface area contributed by atoms with Gasteiger partial charge in [0, 0.05) is 19.0 Å². The maximum Gasteiger partial charge on any atom is 0.222 e. The van der Waals surface area contributed by atoms with E-state index in [1.165, 1.54) is 6.26 Å². The maximum absolute atomic E-state index is 15.0. The number of aromatic nitrogens is 2. The minimum absolute atomic E-state index is 0.117. The second-order valence-electron chi connectivity index (χ2n) is 8.48. The molecule has 0 N–H and O–H groups in total. The summed E-state index contributed by atoms with van der Waals surface area (Å²) < 4.78 is 44.4. The zero-order chi connectivity index (χ0) is 23.2. The lowest BCUT2D eigenvalue weighted by molar-refractivity contribution is 0.0985. The molecule has 0 amide bonds. The number of halogens is 1. The fourth-order valence-electron chi connectivity index (χ4n) is 4.36. The Kier molecular flexibility index (Phi) is 5.50. The van der Waals surface area contributed by atoms with E-state index in [1.807, 2.05) is 24.3 Å². The lowest BCUT2D eigenvalue weighted by Gasteiger charge is -2.34. The number of allylic oxidation sites excluding steroid dienone is 1. The summed E-state index contributed by atoms with van der Waals surface area (Å²) in [6, 6.07) is 10.6. The van der Waals surface area contributed by atoms with E-state index in [-0.39, 0.29) is 10.9 Å². The quantitative estimate of drug-likeness (QED) is 0.539. The predicted molar refractivity (Wildman–Crippen MR) is 126 cm³/mol. The number of anilines is 1. The van der Waals surface area contributed by atoms with E-state index in [2.05, 4.69) is 16.8 Å². The molecule has 3 heterocycles. The molecule has 1 aliphatic heterocycles. The highest BCUT2D eigenvalue weighted by atomic mass is 32.2. The monoisotopic (exact) mass is 465 g/mol. The van der Waals surface area contributed by atoms with Gasteiger partial charge in [-0.3, -0.25) is 0 Å². The fraction of sp³-hybridized carbons (Fsp3) is 0.280. The molecule has 0 radical (unpaired) electrons. The zero-order valence-corrected chi connectivity index (χ0v) is 19.3. The van der Waals surface area contributed by atoms with Gasteiger partial charge >= 0.3 is 0 Å². The van der Waals surface area contributed by atoms with Crippen molar-refractivity contribution in [2.24, 2.45) is 0 Å². The Bertz CT molecular complexity index is 1350. The van der Waals surface area contributed by atoms with Crippen LogP contribution in [-0.2, 0) is 21.0 Å². The highest BCUT2D eigenvalue weighted by Crippen LogP contribution is 2.36. The van der Waals surface area contributed by atoms with Gasteiger partial charge in [-0.15, -0.1) is 0 Å². The normalized spacial score (nSPS) is 17.9. The lowest BCUT2D eigenvalue weighted by atomic mass is 9.99. The summed E-state index contributed by atoms with van der Waals surface area (Å²) in [5.74, 6) is 0.169. The molecule has 0 spiro atoms. The molecular weight excluding hydrogens is 441 g/mol. The van der Waals surface area contributed by atoms with E-state index in [0.29, 0.717) is 31.0 Å². The number of hydrogen-bond acceptors (Lipinski definition) is 6. The van der Waals surface area contributed by atoms with E-state index in [9.17, 15) is 8.42 Å². The molecule has 33 heavy (non-hydrogen) atoms. The van der Waals surface area contributed by atoms with Crippen LogP contribution in [0, 0.1) is 5.95 Å². The average molecular weight is 466 g/mol. The van der Waals surface area contributed by atoms with Gasteiger partial charge in [-0.2, -0.15) is 4.39 Å². The van der Waals surface area contributed by atoms with Crippen LogP contribution in [0.2, 0.25) is 0 Å². The van der Waals surface area contributed by atoms with Crippen LogP contribution < -0.4 is 4.90 Å². The molecule has 0 unspecified atom stereocenters. The van der Waals surface area contributed by atoms with Crippen LogP contribution in [0.5, 0.6) is 0 Å². The van der Waals surface area contributed by atoms with Crippen molar-refractivity contribution in [1.29, 1.82) is 0 Å². The van der Waals surface area contributed by atoms with Crippen LogP contribution in [0.4, 0.5) is 10.2 Å². The molecule has 1 fully saturated rings. The number of hydrogen-bond donors (Lipinski definition) is 0. The summed E-state index contributed by atoms with van der Waals surface area (Å²) in [5, 5.41) is 0. The first-order chi connectivity index (χ1) is 15.8. The number of morpholine rings is 1. The Hall–Kier alpha value is -3.10. The lowest BCUT2D eigenvalue weighted by Crippen LogP contribution is -2.44. The molecule has 5 rings (SSSR count). The number of pyridine rings is 2. The van der Waals surface area contributed by atoms with Gasteiger partial charge in [0.2, 0.25) is 5.95 Å². The smallest absolute Gasteiger partial charge is 0.222 e. The van der Waals surface area contributed by atoms with Crippen LogP contribution in [0.3, 0.4) is 0 Å². The predicted octanol–water partition coefficient (Wildman–Crippen LogP) is 4.15. The summed E-state index contributed by atoms with van der Waals surface area (Å²) in [6.07, 6.45) is 7.39. The first-order valence-corrected chi connectivity index (χ1v) is 12.7. The number of fused-ring (bicyclic) bond motifs is 1. The molecule has 1 saturated heterocycles. The SMILES string of the molecule is C[C@@H]1COCCN1c1cc(-c2ccc(S(C)(=O)=O)cc2)cc(-c2c(F)ncc3c2C=CC3)n1. The topological polar surface area (TPSA) is 72.4 Å². The van der Waals surface area contributed by atoms with Crippen molar-refractivity contribution in [3.05, 3.63) is 65.7 Å². The van der Waals surface area contributed by atoms with Gasteiger partial charge in [0.1, 0.15) is 5.82 Å². The number of rotatable bonds is 4. The number of nitrogens with zero attached hydrogens (tertiary/aromatic N) is 3. The highest BCUT2D eigenvalue weighted by molar-refractivity contribution is 7.90. The molecule has 0 bridgehead atoms. The van der Waals surface area contributed by atoms with E-state index in [0.717, 1.165) is 34.5 Å². The second kappa shape index (κ2) is 8.35. The van der Waals surface area contributed by atoms with Crippen molar-refractivity contribution in [3.8, 4) is 22.4 Å². The van der Waals surface area contributed by atoms with Gasteiger partial charge < -0.3 is 9.64 Å². The Morgan fingerprint density at radius 3 is 2.67 bits per heavy atom. The molecule has 2 aliphatic rings. The molecule has 1 aromatic carbocycles. The highest BCUT2D eigenvalue weighted by Gasteiger charge is 2.24. The van der Waals surface area contributed by atoms with Crippen molar-refractivity contribution >= 4 is 21.7 Å². The van der Waals surface area contributed by atoms with E-state index in [4.69, 9.17) is 9.72 Å². The fourth-order valence-corrected chi connectivity index (χ4v) is 4.99. The summed E-state index contributed by atoms with van der Waals surface area (Å²) in [5.41, 5.74) is 4.31. The van der Waals surface area contributed by atoms with Crippen LogP contribution in [0.1, 0.15) is 18.1 Å². The third-order valence-corrected chi connectivity index (χ3v) is 7.25. The minimum Gasteiger partial charge on any atom is -0.377 e. The first kappa shape index (κ1) is 21.7. The zero-order valence-electron chi connectivity index (χ0n) is 18.5. The van der Waals surface area contributed by atoms with Gasteiger partial charge in [0.25, 0.3) is 0 Å². The number of ether oxygens (including phenoxy) is 1. The van der Waals surface area contributed by atoms with E-state index >= 15 is 4.39 Å². The average Bonchev–Trinajstić information content (AvgIpc) is 3.27. The molecule has 170 valence electrons. The van der Waals surface area contributed by atoms with Gasteiger partial charge in [-0.25, -0.2) is 18.4 Å². The van der Waals surface area contributed by atoms with Gasteiger partial charge in [-0.05, 0) is 59.9 Å². The molecule has 1 atom stereocenters. The Morgan fingerprint density at radius 2 is 1.94 bits per heavy atom. The summed E-state index contributed by atoms with van der Waals surface area (Å²) in [4.78, 5) is 11.2. The van der Waals surface area contributed by atoms with Crippen LogP contribution in [0.25, 0.3) is 28.5 Å². The van der Waals surface area contributed by atoms with Gasteiger partial charge in [-0.1, -0.05) is 24.3 Å². The molecule has 6 nitrogen and oxygen atoms in total. The van der Waals surface area contributed by atoms with Gasteiger partial charge in [0.05, 0.1) is 35.4 Å². The number of sulfone groups is 1. The van der Waals surface area contributed by atoms with Gasteiger partial charge in [0.15, 0.2) is 9.84 Å². The molecule has 0 saturated carbocycles. The second-order valence-corrected chi connectivity index (χ2v) is 10.5. The Morgan fingerprint density at radius 1 is 1.15 bits per heavy atom. The van der Waals surface area contributed by atoms with Crippen LogP contribution in [0.15, 0.2) is 53.6 Å². The third-order valence-electron chi connectivity index (χ3n) is 6.12. The standard InChI is InChI=1S/C25H24FN3O3S/c1-16-15-32-11-10-29(16)23-13-19(17-6-8-20(9-7-17)33(2,30)31)12-22(28-23)24-21-5-3-4-18(21)14-27-25(24)26/h3,5-9,12-14,16H,4,10-11,15H2,1-2H3/t16-/m1/s1. The molecule has 2 aromatic heterocycles. The van der Waals surface area contributed by atoms with Crippen molar-refractivity contribution in [3.63, 3.8) is 0 Å². The van der Waals surface area contributed by atoms with Crippen LogP contribution >= 0.6 is 0 Å².